The van der Waals surface area contributed by atoms with Gasteiger partial charge in [-0.2, -0.15) is 0 Å². The summed E-state index contributed by atoms with van der Waals surface area (Å²) < 4.78 is 5.12. The van der Waals surface area contributed by atoms with E-state index in [9.17, 15) is 14.7 Å². The molecule has 1 amide bonds. The van der Waals surface area contributed by atoms with E-state index in [0.29, 0.717) is 5.02 Å². The van der Waals surface area contributed by atoms with Crippen LogP contribution >= 0.6 is 24.0 Å². The van der Waals surface area contributed by atoms with Crippen LogP contribution in [0.3, 0.4) is 0 Å². The number of phenolic OH excluding ortho intramolecular Hbond substituents is 1. The zero-order valence-corrected chi connectivity index (χ0v) is 21.0. The molecule has 0 unspecified atom stereocenters. The van der Waals surface area contributed by atoms with E-state index in [0.717, 1.165) is 43.4 Å². The first-order valence-corrected chi connectivity index (χ1v) is 11.4. The second-order valence-electron chi connectivity index (χ2n) is 8.04. The van der Waals surface area contributed by atoms with Gasteiger partial charge in [0.25, 0.3) is 5.91 Å². The minimum atomic E-state index is -0.876. The molecule has 0 fully saturated rings. The second kappa shape index (κ2) is 14.8. The number of halogens is 2. The van der Waals surface area contributed by atoms with Crippen molar-refractivity contribution in [3.05, 3.63) is 64.2 Å². The summed E-state index contributed by atoms with van der Waals surface area (Å²) in [6.45, 7) is 2.95. The lowest BCUT2D eigenvalue weighted by Crippen LogP contribution is -2.43. The molecule has 0 aromatic heterocycles. The number of benzene rings is 2. The molecule has 0 aliphatic carbocycles. The molecule has 0 radical (unpaired) electrons. The van der Waals surface area contributed by atoms with Gasteiger partial charge in [0.05, 0.1) is 12.2 Å². The number of carbonyl (C=O) groups excluding carboxylic acids is 2. The number of nitrogens with zero attached hydrogens (tertiary/aromatic N) is 1. The number of hydrogen-bond acceptors (Lipinski definition) is 5. The van der Waals surface area contributed by atoms with E-state index in [2.05, 4.69) is 10.2 Å². The number of hydrogen-bond donors (Lipinski definition) is 2. The second-order valence-corrected chi connectivity index (χ2v) is 8.45. The summed E-state index contributed by atoms with van der Waals surface area (Å²) in [6, 6.07) is 11.5. The standard InChI is InChI=1S/C25H33ClN2O4.ClH/c1-4-32-25(31)22(15-18-11-7-5-8-12-18)27-24(30)20-17-21(26)19(16-23(20)29)13-9-6-10-14-28(2)3;/h5,7-8,11-12,16-17,22,29H,4,6,9-10,13-15H2,1-3H3,(H,27,30);1H/t22-;/m1./s1. The molecule has 6 nitrogen and oxygen atoms in total. The minimum Gasteiger partial charge on any atom is -0.507 e. The summed E-state index contributed by atoms with van der Waals surface area (Å²) in [6.07, 6.45) is 4.10. The molecule has 2 aromatic carbocycles. The van der Waals surface area contributed by atoms with Crippen molar-refractivity contribution in [1.29, 1.82) is 0 Å². The molecular formula is C25H34Cl2N2O4. The van der Waals surface area contributed by atoms with Crippen LogP contribution in [0, 0.1) is 0 Å². The van der Waals surface area contributed by atoms with Crippen molar-refractivity contribution in [2.75, 3.05) is 27.2 Å². The van der Waals surface area contributed by atoms with Crippen LogP contribution in [-0.2, 0) is 22.4 Å². The van der Waals surface area contributed by atoms with E-state index in [4.69, 9.17) is 16.3 Å². The van der Waals surface area contributed by atoms with Crippen LogP contribution in [0.1, 0.15) is 47.7 Å². The van der Waals surface area contributed by atoms with E-state index in [1.807, 2.05) is 44.4 Å². The fourth-order valence-corrected chi connectivity index (χ4v) is 3.68. The molecule has 0 aliphatic heterocycles. The van der Waals surface area contributed by atoms with Crippen LogP contribution in [0.4, 0.5) is 0 Å². The van der Waals surface area contributed by atoms with Gasteiger partial charge in [0.1, 0.15) is 11.8 Å². The third-order valence-corrected chi connectivity index (χ3v) is 5.47. The van der Waals surface area contributed by atoms with Gasteiger partial charge >= 0.3 is 5.97 Å². The first-order valence-electron chi connectivity index (χ1n) is 11.0. The number of nitrogens with one attached hydrogen (secondary N) is 1. The number of aromatic hydroxyl groups is 1. The van der Waals surface area contributed by atoms with Crippen LogP contribution in [0.25, 0.3) is 0 Å². The number of phenols is 1. The Bertz CT molecular complexity index is 891. The predicted octanol–water partition coefficient (Wildman–Crippen LogP) is 4.65. The molecule has 0 spiro atoms. The number of amides is 1. The molecule has 0 saturated heterocycles. The molecule has 2 aromatic rings. The van der Waals surface area contributed by atoms with Gasteiger partial charge < -0.3 is 20.1 Å². The molecule has 2 N–H and O–H groups in total. The fourth-order valence-electron chi connectivity index (χ4n) is 3.42. The Morgan fingerprint density at radius 2 is 1.82 bits per heavy atom. The predicted molar refractivity (Wildman–Crippen MR) is 135 cm³/mol. The quantitative estimate of drug-likeness (QED) is 0.330. The van der Waals surface area contributed by atoms with Crippen molar-refractivity contribution in [2.45, 2.75) is 45.1 Å². The number of rotatable bonds is 12. The average Bonchev–Trinajstić information content (AvgIpc) is 2.75. The normalized spacial score (nSPS) is 11.5. The highest BCUT2D eigenvalue weighted by molar-refractivity contribution is 6.31. The lowest BCUT2D eigenvalue weighted by Gasteiger charge is -2.18. The molecule has 0 aliphatic rings. The first-order chi connectivity index (χ1) is 15.3. The van der Waals surface area contributed by atoms with Crippen molar-refractivity contribution in [3.63, 3.8) is 0 Å². The van der Waals surface area contributed by atoms with Crippen molar-refractivity contribution in [1.82, 2.24) is 10.2 Å². The van der Waals surface area contributed by atoms with E-state index in [1.165, 1.54) is 6.07 Å². The van der Waals surface area contributed by atoms with Crippen LogP contribution in [0.2, 0.25) is 5.02 Å². The minimum absolute atomic E-state index is 0. The summed E-state index contributed by atoms with van der Waals surface area (Å²) in [5.41, 5.74) is 1.73. The summed E-state index contributed by atoms with van der Waals surface area (Å²) in [5, 5.41) is 13.6. The molecule has 33 heavy (non-hydrogen) atoms. The summed E-state index contributed by atoms with van der Waals surface area (Å²) in [5.74, 6) is -1.25. The lowest BCUT2D eigenvalue weighted by atomic mass is 10.0. The van der Waals surface area contributed by atoms with E-state index < -0.39 is 17.9 Å². The summed E-state index contributed by atoms with van der Waals surface area (Å²) in [4.78, 5) is 27.4. The average molecular weight is 497 g/mol. The van der Waals surface area contributed by atoms with E-state index in [-0.39, 0.29) is 36.7 Å². The van der Waals surface area contributed by atoms with Gasteiger partial charge in [0, 0.05) is 11.4 Å². The third-order valence-electron chi connectivity index (χ3n) is 5.12. The van der Waals surface area contributed by atoms with Gasteiger partial charge in [-0.05, 0) is 70.1 Å². The smallest absolute Gasteiger partial charge is 0.328 e. The molecule has 0 bridgehead atoms. The van der Waals surface area contributed by atoms with Gasteiger partial charge in [-0.1, -0.05) is 48.4 Å². The Hall–Kier alpha value is -2.28. The molecule has 1 atom stereocenters. The van der Waals surface area contributed by atoms with Gasteiger partial charge in [0.2, 0.25) is 0 Å². The highest BCUT2D eigenvalue weighted by Gasteiger charge is 2.25. The fraction of sp³-hybridized carbons (Fsp3) is 0.440. The monoisotopic (exact) mass is 496 g/mol. The zero-order valence-electron chi connectivity index (χ0n) is 19.5. The van der Waals surface area contributed by atoms with E-state index in [1.54, 1.807) is 13.0 Å². The summed E-state index contributed by atoms with van der Waals surface area (Å²) in [7, 11) is 4.09. The SMILES string of the molecule is CCOC(=O)[C@@H](Cc1ccccc1)NC(=O)c1cc(Cl)c(CCCCCN(C)C)cc1O.Cl. The van der Waals surface area contributed by atoms with Gasteiger partial charge in [-0.25, -0.2) is 4.79 Å². The molecular weight excluding hydrogens is 463 g/mol. The molecule has 8 heteroatoms. The number of aryl methyl sites for hydroxylation is 1. The van der Waals surface area contributed by atoms with Gasteiger partial charge in [-0.3, -0.25) is 4.79 Å². The van der Waals surface area contributed by atoms with E-state index >= 15 is 0 Å². The largest absolute Gasteiger partial charge is 0.507 e. The van der Waals surface area contributed by atoms with Crippen LogP contribution in [0.5, 0.6) is 5.75 Å². The molecule has 0 heterocycles. The molecule has 2 rings (SSSR count). The topological polar surface area (TPSA) is 78.9 Å². The number of carbonyl (C=O) groups is 2. The maximum Gasteiger partial charge on any atom is 0.328 e. The Labute approximate surface area is 207 Å². The van der Waals surface area contributed by atoms with Crippen LogP contribution < -0.4 is 5.32 Å². The maximum atomic E-state index is 12.9. The summed E-state index contributed by atoms with van der Waals surface area (Å²) >= 11 is 6.40. The molecule has 182 valence electrons. The van der Waals surface area contributed by atoms with Crippen molar-refractivity contribution >= 4 is 35.9 Å². The van der Waals surface area contributed by atoms with Crippen molar-refractivity contribution in [2.24, 2.45) is 0 Å². The highest BCUT2D eigenvalue weighted by atomic mass is 35.5. The lowest BCUT2D eigenvalue weighted by molar-refractivity contribution is -0.145. The first kappa shape index (κ1) is 28.8. The van der Waals surface area contributed by atoms with Gasteiger partial charge in [-0.15, -0.1) is 12.4 Å². The van der Waals surface area contributed by atoms with Crippen LogP contribution in [-0.4, -0.2) is 55.2 Å². The van der Waals surface area contributed by atoms with Crippen LogP contribution in [0.15, 0.2) is 42.5 Å². The maximum absolute atomic E-state index is 12.9. The Morgan fingerprint density at radius 1 is 1.12 bits per heavy atom. The zero-order chi connectivity index (χ0) is 23.5. The number of unbranched alkanes of at least 4 members (excludes halogenated alkanes) is 2. The Balaban J connectivity index is 0.00000544. The third kappa shape index (κ3) is 9.62. The highest BCUT2D eigenvalue weighted by Crippen LogP contribution is 2.28. The Kier molecular flexibility index (Phi) is 12.9. The Morgan fingerprint density at radius 3 is 2.45 bits per heavy atom. The molecule has 0 saturated carbocycles. The van der Waals surface area contributed by atoms with Crippen molar-refractivity contribution < 1.29 is 19.4 Å². The number of ether oxygens (including phenoxy) is 1. The van der Waals surface area contributed by atoms with Gasteiger partial charge in [0.15, 0.2) is 0 Å². The number of esters is 1. The van der Waals surface area contributed by atoms with Crippen molar-refractivity contribution in [3.8, 4) is 5.75 Å².